The van der Waals surface area contributed by atoms with E-state index >= 15 is 0 Å². The number of hydrogen-bond acceptors (Lipinski definition) is 5. The van der Waals surface area contributed by atoms with Gasteiger partial charge < -0.3 is 14.1 Å². The second-order valence-corrected chi connectivity index (χ2v) is 11.7. The molecule has 0 radical (unpaired) electrons. The van der Waals surface area contributed by atoms with Gasteiger partial charge in [-0.3, -0.25) is 9.69 Å². The molecule has 0 unspecified atom stereocenters. The maximum atomic E-state index is 13.7. The van der Waals surface area contributed by atoms with Gasteiger partial charge >= 0.3 is 5.63 Å². The minimum absolute atomic E-state index is 0.0265. The van der Waals surface area contributed by atoms with Crippen molar-refractivity contribution in [3.8, 4) is 5.75 Å². The van der Waals surface area contributed by atoms with Gasteiger partial charge in [0.05, 0.1) is 11.4 Å². The van der Waals surface area contributed by atoms with Gasteiger partial charge in [0.25, 0.3) is 5.91 Å². The van der Waals surface area contributed by atoms with E-state index in [-0.39, 0.29) is 24.2 Å². The molecule has 3 aliphatic heterocycles. The quantitative estimate of drug-likeness (QED) is 0.474. The van der Waals surface area contributed by atoms with Crippen molar-refractivity contribution in [3.05, 3.63) is 50.9 Å². The fourth-order valence-corrected chi connectivity index (χ4v) is 8.09. The van der Waals surface area contributed by atoms with Crippen LogP contribution in [0.15, 0.2) is 33.0 Å². The molecule has 6 heteroatoms. The topological polar surface area (TPSA) is 63.0 Å². The lowest BCUT2D eigenvalue weighted by atomic mass is 9.68. The summed E-state index contributed by atoms with van der Waals surface area (Å²) in [6.45, 7) is 5.15. The molecular weight excluding hydrogens is 452 g/mol. The van der Waals surface area contributed by atoms with Crippen LogP contribution in [0.2, 0.25) is 0 Å². The third-order valence-corrected chi connectivity index (χ3v) is 9.51. The largest absolute Gasteiger partial charge is 0.483 e. The molecule has 1 aromatic carbocycles. The molecule has 4 heterocycles. The van der Waals surface area contributed by atoms with E-state index in [1.54, 1.807) is 0 Å². The molecule has 1 aromatic heterocycles. The fourth-order valence-electron chi connectivity index (χ4n) is 8.09. The second kappa shape index (κ2) is 8.76. The van der Waals surface area contributed by atoms with E-state index in [1.165, 1.54) is 37.8 Å². The molecule has 7 rings (SSSR count). The van der Waals surface area contributed by atoms with Crippen LogP contribution in [-0.4, -0.2) is 54.0 Å². The molecule has 2 aromatic rings. The number of benzene rings is 1. The molecule has 2 aliphatic carbocycles. The van der Waals surface area contributed by atoms with Gasteiger partial charge in [0.2, 0.25) is 0 Å². The number of rotatable bonds is 3. The Morgan fingerprint density at radius 3 is 2.89 bits per heavy atom. The number of carbonyl (C=O) groups excluding carboxylic acids is 1. The lowest BCUT2D eigenvalue weighted by Gasteiger charge is -2.54. The summed E-state index contributed by atoms with van der Waals surface area (Å²) in [6, 6.07) is 4.83. The van der Waals surface area contributed by atoms with Crippen LogP contribution < -0.4 is 10.4 Å². The second-order valence-electron chi connectivity index (χ2n) is 11.7. The molecule has 5 aliphatic rings. The van der Waals surface area contributed by atoms with E-state index in [4.69, 9.17) is 9.15 Å². The molecule has 0 N–H and O–H groups in total. The van der Waals surface area contributed by atoms with Gasteiger partial charge in [-0.05, 0) is 99.9 Å². The van der Waals surface area contributed by atoms with E-state index in [1.807, 2.05) is 19.1 Å². The molecule has 3 fully saturated rings. The van der Waals surface area contributed by atoms with E-state index in [0.717, 1.165) is 67.3 Å². The Hall–Kier alpha value is -2.60. The summed E-state index contributed by atoms with van der Waals surface area (Å²) in [5, 5.41) is 0.878. The Balaban J connectivity index is 1.15. The fraction of sp³-hybridized carbons (Fsp3) is 0.600. The van der Waals surface area contributed by atoms with Crippen LogP contribution in [0.1, 0.15) is 61.6 Å². The molecule has 2 bridgehead atoms. The van der Waals surface area contributed by atoms with Crippen molar-refractivity contribution in [2.24, 2.45) is 11.8 Å². The highest BCUT2D eigenvalue weighted by atomic mass is 16.5. The number of hydrogen-bond donors (Lipinski definition) is 0. The van der Waals surface area contributed by atoms with Gasteiger partial charge in [0.15, 0.2) is 6.61 Å². The van der Waals surface area contributed by atoms with Crippen molar-refractivity contribution in [2.45, 2.75) is 76.8 Å². The van der Waals surface area contributed by atoms with Crippen LogP contribution in [0.3, 0.4) is 0 Å². The van der Waals surface area contributed by atoms with Crippen LogP contribution in [-0.2, 0) is 17.6 Å². The highest BCUT2D eigenvalue weighted by molar-refractivity contribution is 5.89. The van der Waals surface area contributed by atoms with E-state index in [2.05, 4.69) is 15.9 Å². The highest BCUT2D eigenvalue weighted by Gasteiger charge is 2.46. The minimum Gasteiger partial charge on any atom is -0.483 e. The number of fused-ring (bicyclic) bond motifs is 9. The number of nitrogens with zero attached hydrogens (tertiary/aromatic N) is 2. The Morgan fingerprint density at radius 1 is 1.08 bits per heavy atom. The van der Waals surface area contributed by atoms with E-state index in [0.29, 0.717) is 29.2 Å². The minimum atomic E-state index is -0.228. The molecule has 0 spiro atoms. The molecule has 1 amide bonds. The molecule has 190 valence electrons. The van der Waals surface area contributed by atoms with Crippen LogP contribution in [0.25, 0.3) is 11.0 Å². The molecular formula is C30H36N2O4. The molecule has 36 heavy (non-hydrogen) atoms. The summed E-state index contributed by atoms with van der Waals surface area (Å²) in [6.07, 6.45) is 12.5. The number of amides is 1. The highest BCUT2D eigenvalue weighted by Crippen LogP contribution is 2.45. The first-order chi connectivity index (χ1) is 17.6. The Morgan fingerprint density at radius 2 is 1.97 bits per heavy atom. The van der Waals surface area contributed by atoms with Gasteiger partial charge in [-0.25, -0.2) is 4.79 Å². The Kier molecular flexibility index (Phi) is 5.49. The number of ether oxygens (including phenoxy) is 1. The average molecular weight is 489 g/mol. The first kappa shape index (κ1) is 22.6. The standard InChI is InChI=1S/C30H36N2O4/c1-18-12-25(28-22-7-4-8-23(22)30(34)36-26(28)13-18)35-17-27(33)32-11-5-6-19-14-20-15-21(29(19)32)16-31-10-3-2-9-24(20)31/h12-14,20-21,24,29H,2-11,15-17H2,1H3/t20-,21-,24+,29+/m1/s1. The smallest absolute Gasteiger partial charge is 0.339 e. The zero-order valence-electron chi connectivity index (χ0n) is 21.3. The predicted molar refractivity (Wildman–Crippen MR) is 138 cm³/mol. The van der Waals surface area contributed by atoms with Crippen LogP contribution >= 0.6 is 0 Å². The monoisotopic (exact) mass is 488 g/mol. The van der Waals surface area contributed by atoms with Crippen molar-refractivity contribution >= 4 is 16.9 Å². The summed E-state index contributed by atoms with van der Waals surface area (Å²) in [5.41, 5.74) is 4.63. The average Bonchev–Trinajstić information content (AvgIpc) is 3.37. The number of carbonyl (C=O) groups is 1. The molecule has 0 saturated carbocycles. The number of aryl methyl sites for hydroxylation is 2. The van der Waals surface area contributed by atoms with Gasteiger partial charge in [-0.2, -0.15) is 0 Å². The van der Waals surface area contributed by atoms with Gasteiger partial charge in [-0.1, -0.05) is 18.1 Å². The number of likely N-dealkylation sites (tertiary alicyclic amines) is 1. The zero-order valence-corrected chi connectivity index (χ0v) is 21.3. The first-order valence-corrected chi connectivity index (χ1v) is 14.0. The summed E-state index contributed by atoms with van der Waals surface area (Å²) >= 11 is 0. The maximum absolute atomic E-state index is 13.7. The van der Waals surface area contributed by atoms with Crippen molar-refractivity contribution in [3.63, 3.8) is 0 Å². The third-order valence-electron chi connectivity index (χ3n) is 9.51. The predicted octanol–water partition coefficient (Wildman–Crippen LogP) is 4.39. The Labute approximate surface area is 212 Å². The molecule has 3 saturated heterocycles. The van der Waals surface area contributed by atoms with Gasteiger partial charge in [0, 0.05) is 24.7 Å². The van der Waals surface area contributed by atoms with Gasteiger partial charge in [-0.15, -0.1) is 0 Å². The Bertz CT molecular complexity index is 1310. The lowest BCUT2D eigenvalue weighted by Crippen LogP contribution is -2.60. The molecule has 6 nitrogen and oxygen atoms in total. The normalized spacial score (nSPS) is 29.4. The van der Waals surface area contributed by atoms with Gasteiger partial charge in [0.1, 0.15) is 11.3 Å². The summed E-state index contributed by atoms with van der Waals surface area (Å²) in [7, 11) is 0. The number of piperidine rings is 3. The van der Waals surface area contributed by atoms with Crippen molar-refractivity contribution in [1.29, 1.82) is 0 Å². The summed E-state index contributed by atoms with van der Waals surface area (Å²) < 4.78 is 11.9. The van der Waals surface area contributed by atoms with Crippen molar-refractivity contribution < 1.29 is 13.9 Å². The maximum Gasteiger partial charge on any atom is 0.339 e. The van der Waals surface area contributed by atoms with Crippen LogP contribution in [0, 0.1) is 18.8 Å². The third kappa shape index (κ3) is 3.63. The van der Waals surface area contributed by atoms with E-state index < -0.39 is 0 Å². The van der Waals surface area contributed by atoms with Crippen molar-refractivity contribution in [2.75, 3.05) is 26.2 Å². The van der Waals surface area contributed by atoms with Crippen molar-refractivity contribution in [1.82, 2.24) is 9.80 Å². The summed E-state index contributed by atoms with van der Waals surface area (Å²) in [4.78, 5) is 31.0. The van der Waals surface area contributed by atoms with Crippen LogP contribution in [0.5, 0.6) is 5.75 Å². The zero-order chi connectivity index (χ0) is 24.4. The SMILES string of the molecule is Cc1cc(OCC(=O)N2CCCC3=C[C@@H]4C[C@H](CN5CCCC[C@@H]45)[C@H]32)c2c3c(c(=O)oc2c1)CCC3. The van der Waals surface area contributed by atoms with E-state index in [9.17, 15) is 9.59 Å². The first-order valence-electron chi connectivity index (χ1n) is 14.0. The van der Waals surface area contributed by atoms with Crippen LogP contribution in [0.4, 0.5) is 0 Å². The lowest BCUT2D eigenvalue weighted by molar-refractivity contribution is -0.138. The molecule has 4 atom stereocenters. The summed E-state index contributed by atoms with van der Waals surface area (Å²) in [5.74, 6) is 1.95.